The Morgan fingerprint density at radius 3 is 2.50 bits per heavy atom. The predicted octanol–water partition coefficient (Wildman–Crippen LogP) is 3.36. The lowest BCUT2D eigenvalue weighted by molar-refractivity contribution is 0.0948. The van der Waals surface area contributed by atoms with E-state index in [2.05, 4.69) is 29.6 Å². The van der Waals surface area contributed by atoms with E-state index in [-0.39, 0.29) is 11.3 Å². The van der Waals surface area contributed by atoms with Crippen LogP contribution in [0.5, 0.6) is 0 Å². The SMILES string of the molecule is Cc1cc(C(=O)NCC2(c3ccccc3)CC2)c(C)o1. The average molecular weight is 269 g/mol. The highest BCUT2D eigenvalue weighted by Crippen LogP contribution is 2.47. The van der Waals surface area contributed by atoms with Gasteiger partial charge in [-0.05, 0) is 38.3 Å². The van der Waals surface area contributed by atoms with Crippen molar-refractivity contribution in [2.24, 2.45) is 0 Å². The molecule has 0 spiro atoms. The van der Waals surface area contributed by atoms with Crippen LogP contribution >= 0.6 is 0 Å². The number of benzene rings is 1. The molecule has 1 N–H and O–H groups in total. The van der Waals surface area contributed by atoms with Crippen LogP contribution in [0.15, 0.2) is 40.8 Å². The fourth-order valence-electron chi connectivity index (χ4n) is 2.71. The molecule has 0 radical (unpaired) electrons. The second-order valence-corrected chi connectivity index (χ2v) is 5.66. The number of carbonyl (C=O) groups is 1. The highest BCUT2D eigenvalue weighted by molar-refractivity contribution is 5.95. The smallest absolute Gasteiger partial charge is 0.254 e. The molecule has 1 saturated carbocycles. The molecule has 1 amide bonds. The largest absolute Gasteiger partial charge is 0.466 e. The van der Waals surface area contributed by atoms with Gasteiger partial charge in [0.1, 0.15) is 11.5 Å². The van der Waals surface area contributed by atoms with Crippen LogP contribution in [0.25, 0.3) is 0 Å². The summed E-state index contributed by atoms with van der Waals surface area (Å²) in [6.07, 6.45) is 2.28. The molecule has 104 valence electrons. The first-order valence-corrected chi connectivity index (χ1v) is 7.01. The first kappa shape index (κ1) is 13.0. The number of carbonyl (C=O) groups excluding carboxylic acids is 1. The van der Waals surface area contributed by atoms with Crippen molar-refractivity contribution in [3.05, 3.63) is 59.0 Å². The molecule has 0 atom stereocenters. The lowest BCUT2D eigenvalue weighted by Gasteiger charge is -2.16. The molecule has 1 fully saturated rings. The minimum absolute atomic E-state index is 0.0402. The molecule has 1 aliphatic rings. The first-order valence-electron chi connectivity index (χ1n) is 7.01. The van der Waals surface area contributed by atoms with Crippen molar-refractivity contribution in [1.82, 2.24) is 5.32 Å². The van der Waals surface area contributed by atoms with Gasteiger partial charge < -0.3 is 9.73 Å². The van der Waals surface area contributed by atoms with Gasteiger partial charge in [0, 0.05) is 12.0 Å². The van der Waals surface area contributed by atoms with E-state index in [1.54, 1.807) is 6.07 Å². The van der Waals surface area contributed by atoms with Crippen molar-refractivity contribution >= 4 is 5.91 Å². The van der Waals surface area contributed by atoms with Gasteiger partial charge in [0.05, 0.1) is 5.56 Å². The Kier molecular flexibility index (Phi) is 3.13. The zero-order chi connectivity index (χ0) is 14.2. The van der Waals surface area contributed by atoms with Crippen molar-refractivity contribution in [1.29, 1.82) is 0 Å². The normalized spacial score (nSPS) is 15.9. The summed E-state index contributed by atoms with van der Waals surface area (Å²) in [5.41, 5.74) is 2.11. The van der Waals surface area contributed by atoms with Gasteiger partial charge in [-0.1, -0.05) is 30.3 Å². The molecule has 0 bridgehead atoms. The molecule has 1 heterocycles. The fourth-order valence-corrected chi connectivity index (χ4v) is 2.71. The summed E-state index contributed by atoms with van der Waals surface area (Å²) in [6, 6.07) is 12.2. The van der Waals surface area contributed by atoms with Crippen LogP contribution in [0.1, 0.15) is 40.3 Å². The Labute approximate surface area is 119 Å². The van der Waals surface area contributed by atoms with Crippen molar-refractivity contribution in [2.75, 3.05) is 6.54 Å². The molecule has 2 aromatic rings. The summed E-state index contributed by atoms with van der Waals surface area (Å²) >= 11 is 0. The van der Waals surface area contributed by atoms with Crippen LogP contribution in [0.2, 0.25) is 0 Å². The number of hydrogen-bond donors (Lipinski definition) is 1. The molecule has 0 unspecified atom stereocenters. The maximum absolute atomic E-state index is 12.2. The van der Waals surface area contributed by atoms with Gasteiger partial charge in [0.2, 0.25) is 0 Å². The summed E-state index contributed by atoms with van der Waals surface area (Å²) in [6.45, 7) is 4.38. The second kappa shape index (κ2) is 4.82. The molecule has 1 aromatic carbocycles. The van der Waals surface area contributed by atoms with E-state index in [0.717, 1.165) is 18.6 Å². The van der Waals surface area contributed by atoms with Crippen LogP contribution in [0.4, 0.5) is 0 Å². The van der Waals surface area contributed by atoms with Crippen LogP contribution < -0.4 is 5.32 Å². The van der Waals surface area contributed by atoms with Crippen LogP contribution in [0, 0.1) is 13.8 Å². The van der Waals surface area contributed by atoms with Gasteiger partial charge in [-0.3, -0.25) is 4.79 Å². The standard InChI is InChI=1S/C17H19NO2/c1-12-10-15(13(2)20-12)16(19)18-11-17(8-9-17)14-6-4-3-5-7-14/h3-7,10H,8-9,11H2,1-2H3,(H,18,19). The van der Waals surface area contributed by atoms with Gasteiger partial charge in [-0.15, -0.1) is 0 Å². The molecule has 3 heteroatoms. The molecular formula is C17H19NO2. The first-order chi connectivity index (χ1) is 9.61. The number of nitrogens with one attached hydrogen (secondary N) is 1. The predicted molar refractivity (Wildman–Crippen MR) is 77.9 cm³/mol. The molecular weight excluding hydrogens is 250 g/mol. The highest BCUT2D eigenvalue weighted by atomic mass is 16.3. The van der Waals surface area contributed by atoms with Crippen molar-refractivity contribution in [3.8, 4) is 0 Å². The van der Waals surface area contributed by atoms with Crippen molar-refractivity contribution < 1.29 is 9.21 Å². The highest BCUT2D eigenvalue weighted by Gasteiger charge is 2.44. The molecule has 0 saturated heterocycles. The molecule has 0 aliphatic heterocycles. The Morgan fingerprint density at radius 2 is 1.95 bits per heavy atom. The fraction of sp³-hybridized carbons (Fsp3) is 0.353. The third-order valence-corrected chi connectivity index (χ3v) is 4.11. The van der Waals surface area contributed by atoms with Gasteiger partial charge in [-0.25, -0.2) is 0 Å². The maximum Gasteiger partial charge on any atom is 0.254 e. The Bertz CT molecular complexity index is 624. The minimum Gasteiger partial charge on any atom is -0.466 e. The summed E-state index contributed by atoms with van der Waals surface area (Å²) in [4.78, 5) is 12.2. The van der Waals surface area contributed by atoms with E-state index in [0.29, 0.717) is 17.9 Å². The van der Waals surface area contributed by atoms with Crippen molar-refractivity contribution in [3.63, 3.8) is 0 Å². The molecule has 20 heavy (non-hydrogen) atoms. The van der Waals surface area contributed by atoms with Gasteiger partial charge in [-0.2, -0.15) is 0 Å². The zero-order valence-electron chi connectivity index (χ0n) is 11.9. The molecule has 1 aliphatic carbocycles. The lowest BCUT2D eigenvalue weighted by Crippen LogP contribution is -2.32. The zero-order valence-corrected chi connectivity index (χ0v) is 11.9. The third kappa shape index (κ3) is 2.36. The average Bonchev–Trinajstić information content (AvgIpc) is 3.17. The number of hydrogen-bond acceptors (Lipinski definition) is 2. The summed E-state index contributed by atoms with van der Waals surface area (Å²) in [5, 5.41) is 3.06. The van der Waals surface area contributed by atoms with E-state index >= 15 is 0 Å². The lowest BCUT2D eigenvalue weighted by atomic mass is 9.96. The van der Waals surface area contributed by atoms with E-state index in [4.69, 9.17) is 4.42 Å². The van der Waals surface area contributed by atoms with Crippen LogP contribution in [0.3, 0.4) is 0 Å². The third-order valence-electron chi connectivity index (χ3n) is 4.11. The van der Waals surface area contributed by atoms with Crippen LogP contribution in [-0.2, 0) is 5.41 Å². The monoisotopic (exact) mass is 269 g/mol. The Morgan fingerprint density at radius 1 is 1.25 bits per heavy atom. The summed E-state index contributed by atoms with van der Waals surface area (Å²) in [7, 11) is 0. The molecule has 3 rings (SSSR count). The summed E-state index contributed by atoms with van der Waals surface area (Å²) < 4.78 is 5.41. The van der Waals surface area contributed by atoms with Gasteiger partial charge in [0.25, 0.3) is 5.91 Å². The van der Waals surface area contributed by atoms with E-state index < -0.39 is 0 Å². The van der Waals surface area contributed by atoms with Gasteiger partial charge >= 0.3 is 0 Å². The summed E-state index contributed by atoms with van der Waals surface area (Å²) in [5.74, 6) is 1.42. The quantitative estimate of drug-likeness (QED) is 0.924. The second-order valence-electron chi connectivity index (χ2n) is 5.66. The Balaban J connectivity index is 1.68. The van der Waals surface area contributed by atoms with E-state index in [1.165, 1.54) is 5.56 Å². The molecule has 3 nitrogen and oxygen atoms in total. The Hall–Kier alpha value is -2.03. The van der Waals surface area contributed by atoms with Crippen molar-refractivity contribution in [2.45, 2.75) is 32.1 Å². The molecule has 1 aromatic heterocycles. The number of rotatable bonds is 4. The van der Waals surface area contributed by atoms with E-state index in [9.17, 15) is 4.79 Å². The number of aryl methyl sites for hydroxylation is 2. The maximum atomic E-state index is 12.2. The van der Waals surface area contributed by atoms with Crippen LogP contribution in [-0.4, -0.2) is 12.5 Å². The number of amides is 1. The minimum atomic E-state index is -0.0402. The van der Waals surface area contributed by atoms with Gasteiger partial charge in [0.15, 0.2) is 0 Å². The topological polar surface area (TPSA) is 42.2 Å². The number of furan rings is 1. The van der Waals surface area contributed by atoms with E-state index in [1.807, 2.05) is 19.9 Å².